The van der Waals surface area contributed by atoms with Crippen molar-refractivity contribution in [2.45, 2.75) is 18.4 Å². The molecule has 1 aromatic carbocycles. The topological polar surface area (TPSA) is 93.5 Å². The van der Waals surface area contributed by atoms with E-state index in [1.807, 2.05) is 0 Å². The molecule has 0 aliphatic carbocycles. The summed E-state index contributed by atoms with van der Waals surface area (Å²) in [4.78, 5) is 22.7. The zero-order valence-corrected chi connectivity index (χ0v) is 13.0. The second-order valence-corrected chi connectivity index (χ2v) is 5.78. The third kappa shape index (κ3) is 3.73. The zero-order chi connectivity index (χ0) is 16.2. The quantitative estimate of drug-likeness (QED) is 0.613. The average Bonchev–Trinajstić information content (AvgIpc) is 2.94. The van der Waals surface area contributed by atoms with Crippen LogP contribution in [-0.2, 0) is 4.74 Å². The molecule has 1 unspecified atom stereocenters. The van der Waals surface area contributed by atoms with Crippen molar-refractivity contribution >= 4 is 23.2 Å². The molecule has 1 heterocycles. The first-order valence-electron chi connectivity index (χ1n) is 6.93. The van der Waals surface area contributed by atoms with Crippen LogP contribution in [0.3, 0.4) is 0 Å². The van der Waals surface area contributed by atoms with E-state index in [4.69, 9.17) is 16.3 Å². The molecule has 2 rings (SSSR count). The Morgan fingerprint density at radius 1 is 1.59 bits per heavy atom. The third-order valence-corrected chi connectivity index (χ3v) is 3.98. The Hall–Kier alpha value is -1.70. The summed E-state index contributed by atoms with van der Waals surface area (Å²) in [6.45, 7) is 1.68. The van der Waals surface area contributed by atoms with Crippen LogP contribution in [0.4, 0.5) is 5.69 Å². The summed E-state index contributed by atoms with van der Waals surface area (Å²) in [5.74, 6) is -0.493. The maximum Gasteiger partial charge on any atom is 0.283 e. The number of rotatable bonds is 6. The predicted molar refractivity (Wildman–Crippen MR) is 82.3 cm³/mol. The van der Waals surface area contributed by atoms with Crippen LogP contribution in [0.25, 0.3) is 0 Å². The fraction of sp³-hybridized carbons (Fsp3) is 0.500. The average molecular weight is 328 g/mol. The van der Waals surface area contributed by atoms with Gasteiger partial charge in [-0.15, -0.1) is 0 Å². The van der Waals surface area contributed by atoms with E-state index >= 15 is 0 Å². The van der Waals surface area contributed by atoms with E-state index in [0.717, 1.165) is 19.4 Å². The number of hydrogen-bond acceptors (Lipinski definition) is 5. The minimum Gasteiger partial charge on any atom is -0.383 e. The van der Waals surface area contributed by atoms with Gasteiger partial charge in [-0.1, -0.05) is 11.6 Å². The largest absolute Gasteiger partial charge is 0.383 e. The first-order valence-corrected chi connectivity index (χ1v) is 7.31. The molecule has 1 aliphatic rings. The molecule has 1 atom stereocenters. The van der Waals surface area contributed by atoms with Crippen molar-refractivity contribution in [2.24, 2.45) is 0 Å². The summed E-state index contributed by atoms with van der Waals surface area (Å²) in [6.07, 6.45) is 1.88. The van der Waals surface area contributed by atoms with Gasteiger partial charge in [0.15, 0.2) is 0 Å². The fourth-order valence-corrected chi connectivity index (χ4v) is 2.83. The lowest BCUT2D eigenvalue weighted by molar-refractivity contribution is -0.385. The van der Waals surface area contributed by atoms with Gasteiger partial charge in [-0.3, -0.25) is 14.9 Å². The smallest absolute Gasteiger partial charge is 0.283 e. The predicted octanol–water partition coefficient (Wildman–Crippen LogP) is 1.75. The Morgan fingerprint density at radius 2 is 2.36 bits per heavy atom. The van der Waals surface area contributed by atoms with E-state index in [1.165, 1.54) is 18.2 Å². The van der Waals surface area contributed by atoms with E-state index in [2.05, 4.69) is 10.6 Å². The number of nitrogens with zero attached hydrogens (tertiary/aromatic N) is 1. The van der Waals surface area contributed by atoms with Crippen molar-refractivity contribution in [3.05, 3.63) is 38.9 Å². The molecule has 1 amide bonds. The number of amides is 1. The molecule has 1 aromatic rings. The number of nitrogens with one attached hydrogen (secondary N) is 2. The van der Waals surface area contributed by atoms with Crippen molar-refractivity contribution in [3.63, 3.8) is 0 Å². The highest BCUT2D eigenvalue weighted by molar-refractivity contribution is 6.31. The van der Waals surface area contributed by atoms with Crippen LogP contribution in [-0.4, -0.2) is 43.2 Å². The van der Waals surface area contributed by atoms with Crippen molar-refractivity contribution in [3.8, 4) is 0 Å². The fourth-order valence-electron chi connectivity index (χ4n) is 2.66. The number of hydrogen-bond donors (Lipinski definition) is 2. The molecule has 1 saturated heterocycles. The second-order valence-electron chi connectivity index (χ2n) is 5.34. The van der Waals surface area contributed by atoms with Gasteiger partial charge in [0.1, 0.15) is 5.56 Å². The Labute approximate surface area is 133 Å². The molecule has 2 N–H and O–H groups in total. The number of carbonyl (C=O) groups excluding carboxylic acids is 1. The molecule has 0 aromatic heterocycles. The first kappa shape index (κ1) is 16.7. The van der Waals surface area contributed by atoms with Crippen LogP contribution in [0.5, 0.6) is 0 Å². The maximum absolute atomic E-state index is 12.3. The molecular formula is C14H18ClN3O4. The van der Waals surface area contributed by atoms with Crippen molar-refractivity contribution < 1.29 is 14.5 Å². The van der Waals surface area contributed by atoms with Gasteiger partial charge in [0.05, 0.1) is 17.1 Å². The van der Waals surface area contributed by atoms with Gasteiger partial charge in [-0.05, 0) is 31.5 Å². The van der Waals surface area contributed by atoms with Gasteiger partial charge in [0.25, 0.3) is 11.6 Å². The molecule has 0 bridgehead atoms. The maximum atomic E-state index is 12.3. The summed E-state index contributed by atoms with van der Waals surface area (Å²) in [7, 11) is 1.60. The first-order chi connectivity index (χ1) is 10.5. The molecule has 0 spiro atoms. The molecule has 1 fully saturated rings. The number of nitro groups is 1. The number of nitro benzene ring substituents is 1. The highest BCUT2D eigenvalue weighted by Gasteiger charge is 2.34. The summed E-state index contributed by atoms with van der Waals surface area (Å²) in [5.41, 5.74) is -0.615. The van der Waals surface area contributed by atoms with Gasteiger partial charge in [0, 0.05) is 24.7 Å². The minimum absolute atomic E-state index is 0.0000335. The van der Waals surface area contributed by atoms with E-state index in [0.29, 0.717) is 13.2 Å². The summed E-state index contributed by atoms with van der Waals surface area (Å²) in [6, 6.07) is 4.00. The number of ether oxygens (including phenoxy) is 1. The Bertz CT molecular complexity index is 573. The Morgan fingerprint density at radius 3 is 2.95 bits per heavy atom. The van der Waals surface area contributed by atoms with Crippen LogP contribution in [0, 0.1) is 10.1 Å². The van der Waals surface area contributed by atoms with Crippen LogP contribution in [0.1, 0.15) is 23.2 Å². The van der Waals surface area contributed by atoms with Gasteiger partial charge in [0.2, 0.25) is 0 Å². The standard InChI is InChI=1S/C14H18ClN3O4/c1-22-9-14(5-2-6-17-14)8-16-13(19)11-4-3-10(15)7-12(11)18(20)21/h3-4,7,17H,2,5-6,8-9H2,1H3,(H,16,19). The van der Waals surface area contributed by atoms with Crippen molar-refractivity contribution in [1.29, 1.82) is 0 Å². The normalized spacial score (nSPS) is 20.8. The van der Waals surface area contributed by atoms with E-state index < -0.39 is 10.8 Å². The molecule has 22 heavy (non-hydrogen) atoms. The van der Waals surface area contributed by atoms with Crippen LogP contribution in [0.15, 0.2) is 18.2 Å². The molecular weight excluding hydrogens is 310 g/mol. The number of carbonyl (C=O) groups is 1. The number of benzene rings is 1. The van der Waals surface area contributed by atoms with Crippen molar-refractivity contribution in [2.75, 3.05) is 26.8 Å². The number of methoxy groups -OCH3 is 1. The van der Waals surface area contributed by atoms with E-state index in [1.54, 1.807) is 7.11 Å². The zero-order valence-electron chi connectivity index (χ0n) is 12.2. The van der Waals surface area contributed by atoms with Crippen LogP contribution >= 0.6 is 11.6 Å². The van der Waals surface area contributed by atoms with Gasteiger partial charge in [-0.2, -0.15) is 0 Å². The summed E-state index contributed by atoms with van der Waals surface area (Å²) >= 11 is 5.75. The molecule has 7 nitrogen and oxygen atoms in total. The van der Waals surface area contributed by atoms with Gasteiger partial charge < -0.3 is 15.4 Å². The molecule has 1 aliphatic heterocycles. The van der Waals surface area contributed by atoms with Crippen LogP contribution in [0.2, 0.25) is 5.02 Å². The highest BCUT2D eigenvalue weighted by Crippen LogP contribution is 2.24. The molecule has 120 valence electrons. The lowest BCUT2D eigenvalue weighted by Crippen LogP contribution is -2.53. The van der Waals surface area contributed by atoms with Gasteiger partial charge in [-0.25, -0.2) is 0 Å². The SMILES string of the molecule is COCC1(CNC(=O)c2ccc(Cl)cc2[N+](=O)[O-])CCCN1. The number of halogens is 1. The molecule has 0 radical (unpaired) electrons. The third-order valence-electron chi connectivity index (χ3n) is 3.74. The molecule has 8 heteroatoms. The highest BCUT2D eigenvalue weighted by atomic mass is 35.5. The Balaban J connectivity index is 2.11. The second kappa shape index (κ2) is 7.04. The summed E-state index contributed by atoms with van der Waals surface area (Å²) in [5, 5.41) is 17.3. The van der Waals surface area contributed by atoms with Crippen LogP contribution < -0.4 is 10.6 Å². The van der Waals surface area contributed by atoms with E-state index in [-0.39, 0.29) is 21.8 Å². The van der Waals surface area contributed by atoms with Crippen molar-refractivity contribution in [1.82, 2.24) is 10.6 Å². The summed E-state index contributed by atoms with van der Waals surface area (Å²) < 4.78 is 5.21. The molecule has 0 saturated carbocycles. The lowest BCUT2D eigenvalue weighted by atomic mass is 9.98. The monoisotopic (exact) mass is 327 g/mol. The van der Waals surface area contributed by atoms with Gasteiger partial charge >= 0.3 is 0 Å². The lowest BCUT2D eigenvalue weighted by Gasteiger charge is -2.28. The Kier molecular flexibility index (Phi) is 5.33. The minimum atomic E-state index is -0.612. The van der Waals surface area contributed by atoms with E-state index in [9.17, 15) is 14.9 Å².